The fourth-order valence-electron chi connectivity index (χ4n) is 10.6. The number of terminal acetylenes is 1. The summed E-state index contributed by atoms with van der Waals surface area (Å²) in [6.07, 6.45) is 19.9. The summed E-state index contributed by atoms with van der Waals surface area (Å²) < 4.78 is 18.3. The number of benzene rings is 2. The van der Waals surface area contributed by atoms with Gasteiger partial charge in [-0.3, -0.25) is 4.79 Å². The third-order valence-electron chi connectivity index (χ3n) is 13.8. The summed E-state index contributed by atoms with van der Waals surface area (Å²) in [6.45, 7) is 7.13. The molecule has 4 fully saturated rings. The lowest BCUT2D eigenvalue weighted by Crippen LogP contribution is -2.54. The van der Waals surface area contributed by atoms with Crippen molar-refractivity contribution in [1.82, 2.24) is 10.1 Å². The summed E-state index contributed by atoms with van der Waals surface area (Å²) in [6, 6.07) is 13.1. The molecule has 6 atom stereocenters. The number of piperidine rings is 1. The Morgan fingerprint density at radius 2 is 1.73 bits per heavy atom. The molecule has 2 N–H and O–H groups in total. The fourth-order valence-corrected chi connectivity index (χ4v) is 10.7. The highest BCUT2D eigenvalue weighted by Gasteiger charge is 2.63. The van der Waals surface area contributed by atoms with Crippen LogP contribution >= 0.6 is 11.6 Å². The van der Waals surface area contributed by atoms with E-state index in [1.807, 2.05) is 30.5 Å². The first-order valence-corrected chi connectivity index (χ1v) is 19.1. The van der Waals surface area contributed by atoms with Crippen LogP contribution in [0.15, 0.2) is 64.8 Å². The molecule has 0 bridgehead atoms. The van der Waals surface area contributed by atoms with Crippen molar-refractivity contribution in [1.29, 1.82) is 0 Å². The predicted octanol–water partition coefficient (Wildman–Crippen LogP) is 8.65. The van der Waals surface area contributed by atoms with E-state index < -0.39 is 11.2 Å². The van der Waals surface area contributed by atoms with E-state index in [0.29, 0.717) is 47.6 Å². The molecule has 5 aliphatic rings. The second-order valence-corrected chi connectivity index (χ2v) is 16.7. The number of carbonyl (C=O) groups is 1. The smallest absolute Gasteiger partial charge is 0.162 e. The van der Waals surface area contributed by atoms with Crippen molar-refractivity contribution < 1.29 is 23.9 Å². The maximum Gasteiger partial charge on any atom is 0.162 e. The molecule has 1 aromatic heterocycles. The number of hydrogen-bond donors (Lipinski definition) is 2. The average molecular weight is 713 g/mol. The summed E-state index contributed by atoms with van der Waals surface area (Å²) in [4.78, 5) is 14.4. The van der Waals surface area contributed by atoms with Crippen molar-refractivity contribution in [3.05, 3.63) is 93.6 Å². The molecule has 0 amide bonds. The number of fused-ring (bicyclic) bond motifs is 6. The first-order chi connectivity index (χ1) is 24.4. The van der Waals surface area contributed by atoms with Gasteiger partial charge in [-0.2, -0.15) is 0 Å². The minimum absolute atomic E-state index is 0.0414. The average Bonchev–Trinajstić information content (AvgIpc) is 3.69. The van der Waals surface area contributed by atoms with E-state index in [4.69, 9.17) is 22.5 Å². The first-order valence-electron chi connectivity index (χ1n) is 18.7. The van der Waals surface area contributed by atoms with E-state index in [9.17, 15) is 19.4 Å². The number of rotatable bonds is 6. The van der Waals surface area contributed by atoms with Gasteiger partial charge in [0.15, 0.2) is 11.5 Å². The second kappa shape index (κ2) is 13.9. The molecule has 8 rings (SSSR count). The van der Waals surface area contributed by atoms with E-state index >= 15 is 0 Å². The maximum absolute atomic E-state index is 12.9. The molecule has 6 unspecified atom stereocenters. The van der Waals surface area contributed by atoms with Crippen molar-refractivity contribution in [2.45, 2.75) is 95.7 Å². The molecule has 1 saturated heterocycles. The van der Waals surface area contributed by atoms with Crippen LogP contribution in [0.2, 0.25) is 5.02 Å². The zero-order valence-electron chi connectivity index (χ0n) is 29.8. The van der Waals surface area contributed by atoms with E-state index in [-0.39, 0.29) is 22.4 Å². The molecule has 6 nitrogen and oxygen atoms in total. The van der Waals surface area contributed by atoms with Crippen LogP contribution in [0.5, 0.6) is 0 Å². The SMILES string of the molecule is C#CC1(O)CCC2C3CCC4=Cc5oncc5CC4(C)C3CCC21C.O=C(CCCN1CCC(O)(c2ccc(Cl)cc2)CC1)c1ccc(F)cc1. The van der Waals surface area contributed by atoms with E-state index in [1.165, 1.54) is 36.2 Å². The highest BCUT2D eigenvalue weighted by Crippen LogP contribution is 2.67. The lowest BCUT2D eigenvalue weighted by molar-refractivity contribution is -0.0975. The van der Waals surface area contributed by atoms with E-state index in [2.05, 4.69) is 35.9 Å². The summed E-state index contributed by atoms with van der Waals surface area (Å²) in [5, 5.41) is 26.6. The molecular formula is C43H50ClFN2O4. The van der Waals surface area contributed by atoms with Gasteiger partial charge < -0.3 is 19.6 Å². The predicted molar refractivity (Wildman–Crippen MR) is 197 cm³/mol. The van der Waals surface area contributed by atoms with E-state index in [1.54, 1.807) is 5.57 Å². The van der Waals surface area contributed by atoms with Crippen molar-refractivity contribution >= 4 is 23.5 Å². The molecule has 8 heteroatoms. The first kappa shape index (κ1) is 36.1. The lowest BCUT2D eigenvalue weighted by atomic mass is 9.46. The van der Waals surface area contributed by atoms with Gasteiger partial charge in [0.2, 0.25) is 0 Å². The molecule has 2 heterocycles. The Balaban J connectivity index is 0.000000159. The van der Waals surface area contributed by atoms with Crippen molar-refractivity contribution in [3.8, 4) is 12.3 Å². The quantitative estimate of drug-likeness (QED) is 0.197. The van der Waals surface area contributed by atoms with Gasteiger partial charge in [0.1, 0.15) is 11.4 Å². The van der Waals surface area contributed by atoms with Gasteiger partial charge in [-0.25, -0.2) is 4.39 Å². The Morgan fingerprint density at radius 1 is 1.02 bits per heavy atom. The Hall–Kier alpha value is -3.28. The largest absolute Gasteiger partial charge is 0.385 e. The number of aliphatic hydroxyl groups is 2. The van der Waals surface area contributed by atoms with Crippen LogP contribution in [0.25, 0.3) is 6.08 Å². The molecule has 2 aromatic carbocycles. The second-order valence-electron chi connectivity index (χ2n) is 16.3. The van der Waals surface area contributed by atoms with Crippen molar-refractivity contribution in [2.75, 3.05) is 19.6 Å². The lowest BCUT2D eigenvalue weighted by Gasteiger charge is -2.58. The Labute approximate surface area is 306 Å². The molecular weight excluding hydrogens is 663 g/mol. The van der Waals surface area contributed by atoms with Gasteiger partial charge in [0, 0.05) is 41.1 Å². The van der Waals surface area contributed by atoms with Gasteiger partial charge in [-0.15, -0.1) is 6.42 Å². The Kier molecular flexibility index (Phi) is 9.86. The minimum Gasteiger partial charge on any atom is -0.385 e. The molecule has 0 spiro atoms. The zero-order chi connectivity index (χ0) is 36.0. The zero-order valence-corrected chi connectivity index (χ0v) is 30.6. The number of halogens is 2. The van der Waals surface area contributed by atoms with Gasteiger partial charge in [0.25, 0.3) is 0 Å². The standard InChI is InChI=1S/C22H27NO2.C21H23ClFNO2/c1-4-22(24)10-8-18-16-6-5-15-11-19-14(13-23-25-19)12-20(15,2)17(16)7-9-21(18,22)3;22-18-7-5-17(6-8-18)21(26)11-14-24(15-12-21)13-1-2-20(25)16-3-9-19(23)10-4-16/h1,11,13,16-18,24H,5-10,12H2,2-3H3;3-10,26H,1-2,11-15H2. The molecule has 3 aromatic rings. The minimum atomic E-state index is -0.909. The van der Waals surface area contributed by atoms with Gasteiger partial charge >= 0.3 is 0 Å². The summed E-state index contributed by atoms with van der Waals surface area (Å²) in [5.74, 6) is 5.35. The molecule has 270 valence electrons. The highest BCUT2D eigenvalue weighted by molar-refractivity contribution is 6.30. The van der Waals surface area contributed by atoms with E-state index in [0.717, 1.165) is 75.9 Å². The number of nitrogens with zero attached hydrogens (tertiary/aromatic N) is 2. The van der Waals surface area contributed by atoms with Crippen molar-refractivity contribution in [3.63, 3.8) is 0 Å². The summed E-state index contributed by atoms with van der Waals surface area (Å²) in [7, 11) is 0. The monoisotopic (exact) mass is 712 g/mol. The Morgan fingerprint density at radius 3 is 2.43 bits per heavy atom. The topological polar surface area (TPSA) is 86.8 Å². The molecule has 0 radical (unpaired) electrons. The Bertz CT molecular complexity index is 1810. The number of hydrogen-bond acceptors (Lipinski definition) is 6. The number of likely N-dealkylation sites (tertiary alicyclic amines) is 1. The molecule has 3 saturated carbocycles. The van der Waals surface area contributed by atoms with Crippen LogP contribution in [0, 0.1) is 46.7 Å². The number of aromatic nitrogens is 1. The highest BCUT2D eigenvalue weighted by atomic mass is 35.5. The van der Waals surface area contributed by atoms with Crippen LogP contribution in [0.3, 0.4) is 0 Å². The summed E-state index contributed by atoms with van der Waals surface area (Å²) >= 11 is 5.92. The molecule has 51 heavy (non-hydrogen) atoms. The molecule has 4 aliphatic carbocycles. The van der Waals surface area contributed by atoms with Crippen molar-refractivity contribution in [2.24, 2.45) is 28.6 Å². The number of Topliss-reactive ketones (excluding diaryl/α,β-unsaturated/α-hetero) is 1. The fraction of sp³-hybridized carbons (Fsp3) is 0.535. The van der Waals surface area contributed by atoms with Crippen LogP contribution in [0.1, 0.15) is 105 Å². The van der Waals surface area contributed by atoms with Crippen LogP contribution < -0.4 is 0 Å². The van der Waals surface area contributed by atoms with Gasteiger partial charge in [-0.05, 0) is 142 Å². The van der Waals surface area contributed by atoms with Crippen LogP contribution in [-0.4, -0.2) is 51.3 Å². The van der Waals surface area contributed by atoms with Crippen LogP contribution in [-0.2, 0) is 12.0 Å². The third-order valence-corrected chi connectivity index (χ3v) is 14.0. The summed E-state index contributed by atoms with van der Waals surface area (Å²) in [5.41, 5.74) is 2.66. The normalized spacial score (nSPS) is 32.2. The van der Waals surface area contributed by atoms with Gasteiger partial charge in [-0.1, -0.05) is 54.2 Å². The number of allylic oxidation sites excluding steroid dienone is 1. The number of carbonyl (C=O) groups excluding carboxylic acids is 1. The maximum atomic E-state index is 12.9. The van der Waals surface area contributed by atoms with Gasteiger partial charge in [0.05, 0.1) is 11.8 Å². The third kappa shape index (κ3) is 6.63. The van der Waals surface area contributed by atoms with Crippen LogP contribution in [0.4, 0.5) is 4.39 Å². The molecule has 1 aliphatic heterocycles. The number of ketones is 1.